The van der Waals surface area contributed by atoms with Gasteiger partial charge in [-0.05, 0) is 17.5 Å². The summed E-state index contributed by atoms with van der Waals surface area (Å²) in [7, 11) is 0. The highest BCUT2D eigenvalue weighted by Crippen LogP contribution is 2.44. The van der Waals surface area contributed by atoms with E-state index in [4.69, 9.17) is 10.5 Å². The van der Waals surface area contributed by atoms with Crippen LogP contribution in [0.3, 0.4) is 0 Å². The topological polar surface area (TPSA) is 79.3 Å². The number of phenols is 1. The molecule has 3 N–H and O–H groups in total. The van der Waals surface area contributed by atoms with Crippen molar-refractivity contribution >= 4 is 11.3 Å². The van der Waals surface area contributed by atoms with Crippen LogP contribution < -0.4 is 10.5 Å². The number of nitrogens with zero attached hydrogens (tertiary/aromatic N) is 1. The number of nitrogens with two attached hydrogens (primary N) is 1. The Labute approximate surface area is 114 Å². The van der Waals surface area contributed by atoms with Crippen LogP contribution in [-0.2, 0) is 0 Å². The fourth-order valence-corrected chi connectivity index (χ4v) is 3.04. The quantitative estimate of drug-likeness (QED) is 0.835. The van der Waals surface area contributed by atoms with Gasteiger partial charge < -0.3 is 15.6 Å². The van der Waals surface area contributed by atoms with Crippen molar-refractivity contribution in [3.63, 3.8) is 0 Å². The maximum Gasteiger partial charge on any atom is 0.205 e. The second-order valence-electron chi connectivity index (χ2n) is 4.16. The van der Waals surface area contributed by atoms with E-state index in [1.165, 1.54) is 6.07 Å². The summed E-state index contributed by atoms with van der Waals surface area (Å²) in [6, 6.07) is 10.9. The maximum atomic E-state index is 9.52. The number of fused-ring (bicyclic) bond motifs is 1. The lowest BCUT2D eigenvalue weighted by Gasteiger charge is -2.25. The van der Waals surface area contributed by atoms with Gasteiger partial charge >= 0.3 is 0 Å². The Morgan fingerprint density at radius 1 is 1.37 bits per heavy atom. The number of benzene rings is 1. The highest BCUT2D eigenvalue weighted by atomic mass is 32.1. The first-order valence-electron chi connectivity index (χ1n) is 5.64. The molecular weight excluding hydrogens is 260 g/mol. The third-order valence-electron chi connectivity index (χ3n) is 3.03. The van der Waals surface area contributed by atoms with Crippen molar-refractivity contribution in [2.24, 2.45) is 5.73 Å². The van der Waals surface area contributed by atoms with Gasteiger partial charge in [0.15, 0.2) is 0 Å². The minimum Gasteiger partial charge on any atom is -0.508 e. The van der Waals surface area contributed by atoms with Gasteiger partial charge in [-0.25, -0.2) is 0 Å². The van der Waals surface area contributed by atoms with E-state index in [2.05, 4.69) is 6.07 Å². The summed E-state index contributed by atoms with van der Waals surface area (Å²) < 4.78 is 5.42. The Morgan fingerprint density at radius 3 is 2.89 bits per heavy atom. The van der Waals surface area contributed by atoms with Crippen LogP contribution >= 0.6 is 11.3 Å². The third kappa shape index (κ3) is 1.83. The van der Waals surface area contributed by atoms with Gasteiger partial charge in [-0.1, -0.05) is 12.1 Å². The lowest BCUT2D eigenvalue weighted by atomic mass is 9.88. The monoisotopic (exact) mass is 270 g/mol. The summed E-state index contributed by atoms with van der Waals surface area (Å²) >= 11 is 1.56. The zero-order valence-corrected chi connectivity index (χ0v) is 10.6. The molecule has 1 aromatic carbocycles. The average Bonchev–Trinajstić information content (AvgIpc) is 2.90. The molecule has 0 aliphatic carbocycles. The zero-order chi connectivity index (χ0) is 13.4. The van der Waals surface area contributed by atoms with Crippen LogP contribution in [0.15, 0.2) is 47.2 Å². The third-order valence-corrected chi connectivity index (χ3v) is 3.97. The molecule has 0 bridgehead atoms. The predicted octanol–water partition coefficient (Wildman–Crippen LogP) is 2.67. The van der Waals surface area contributed by atoms with E-state index in [9.17, 15) is 10.4 Å². The molecule has 2 heterocycles. The Balaban J connectivity index is 2.23. The van der Waals surface area contributed by atoms with Crippen molar-refractivity contribution in [3.05, 3.63) is 57.6 Å². The molecule has 0 saturated carbocycles. The normalized spacial score (nSPS) is 17.5. The second-order valence-corrected chi connectivity index (χ2v) is 5.14. The second kappa shape index (κ2) is 4.34. The van der Waals surface area contributed by atoms with Crippen LogP contribution in [0.5, 0.6) is 11.5 Å². The van der Waals surface area contributed by atoms with E-state index >= 15 is 0 Å². The summed E-state index contributed by atoms with van der Waals surface area (Å²) in [5, 5.41) is 20.8. The fraction of sp³-hybridized carbons (Fsp3) is 0.0714. The lowest BCUT2D eigenvalue weighted by Crippen LogP contribution is -2.20. The van der Waals surface area contributed by atoms with E-state index in [0.717, 1.165) is 10.4 Å². The van der Waals surface area contributed by atoms with Gasteiger partial charge in [0.05, 0.1) is 5.92 Å². The zero-order valence-electron chi connectivity index (χ0n) is 9.83. The number of hydrogen-bond acceptors (Lipinski definition) is 5. The number of phenolic OH excluding ortho intramolecular Hbond substituents is 1. The first-order chi connectivity index (χ1) is 9.20. The van der Waals surface area contributed by atoms with Gasteiger partial charge in [-0.2, -0.15) is 5.26 Å². The van der Waals surface area contributed by atoms with Crippen molar-refractivity contribution in [3.8, 4) is 17.6 Å². The highest BCUT2D eigenvalue weighted by Gasteiger charge is 2.31. The molecule has 0 radical (unpaired) electrons. The standard InChI is InChI=1S/C14H10N2O2S/c15-7-10-13(12-2-1-5-19-12)9-4-3-8(17)6-11(9)18-14(10)16/h1-6,13,17H,16H2/t13-/m1/s1. The van der Waals surface area contributed by atoms with Crippen molar-refractivity contribution in [1.29, 1.82) is 5.26 Å². The summed E-state index contributed by atoms with van der Waals surface area (Å²) in [4.78, 5) is 1.02. The Bertz CT molecular complexity index is 699. The lowest BCUT2D eigenvalue weighted by molar-refractivity contribution is 0.388. The first-order valence-corrected chi connectivity index (χ1v) is 6.52. The summed E-state index contributed by atoms with van der Waals surface area (Å²) in [6.07, 6.45) is 0. The minimum absolute atomic E-state index is 0.0963. The molecule has 1 atom stereocenters. The molecule has 0 saturated heterocycles. The van der Waals surface area contributed by atoms with Gasteiger partial charge in [0.25, 0.3) is 0 Å². The molecule has 0 unspecified atom stereocenters. The molecule has 1 aliphatic rings. The minimum atomic E-state index is -0.227. The van der Waals surface area contributed by atoms with Gasteiger partial charge in [-0.3, -0.25) is 0 Å². The summed E-state index contributed by atoms with van der Waals surface area (Å²) in [5.74, 6) is 0.472. The molecular formula is C14H10N2O2S. The van der Waals surface area contributed by atoms with Crippen LogP contribution in [0.1, 0.15) is 16.4 Å². The van der Waals surface area contributed by atoms with Crippen molar-refractivity contribution in [2.45, 2.75) is 5.92 Å². The van der Waals surface area contributed by atoms with Gasteiger partial charge in [0, 0.05) is 16.5 Å². The highest BCUT2D eigenvalue weighted by molar-refractivity contribution is 7.10. The van der Waals surface area contributed by atoms with E-state index < -0.39 is 0 Å². The van der Waals surface area contributed by atoms with Crippen LogP contribution in [0, 0.1) is 11.3 Å². The SMILES string of the molecule is N#CC1=C(N)Oc2cc(O)ccc2[C@H]1c1cccs1. The van der Waals surface area contributed by atoms with Crippen molar-refractivity contribution in [2.75, 3.05) is 0 Å². The Kier molecular flexibility index (Phi) is 2.65. The molecule has 4 nitrogen and oxygen atoms in total. The van der Waals surface area contributed by atoms with Crippen LogP contribution in [0.4, 0.5) is 0 Å². The summed E-state index contributed by atoms with van der Waals surface area (Å²) in [5.41, 5.74) is 7.05. The number of hydrogen-bond donors (Lipinski definition) is 2. The number of allylic oxidation sites excluding steroid dienone is 1. The maximum absolute atomic E-state index is 9.52. The molecule has 0 fully saturated rings. The predicted molar refractivity (Wildman–Crippen MR) is 71.7 cm³/mol. The number of rotatable bonds is 1. The van der Waals surface area contributed by atoms with E-state index in [-0.39, 0.29) is 17.6 Å². The van der Waals surface area contributed by atoms with E-state index in [1.54, 1.807) is 23.5 Å². The molecule has 5 heteroatoms. The average molecular weight is 270 g/mol. The Morgan fingerprint density at radius 2 is 2.21 bits per heavy atom. The fourth-order valence-electron chi connectivity index (χ4n) is 2.19. The molecule has 0 spiro atoms. The molecule has 1 aliphatic heterocycles. The van der Waals surface area contributed by atoms with Crippen LogP contribution in [-0.4, -0.2) is 5.11 Å². The summed E-state index contributed by atoms with van der Waals surface area (Å²) in [6.45, 7) is 0. The van der Waals surface area contributed by atoms with Crippen LogP contribution in [0.25, 0.3) is 0 Å². The number of ether oxygens (including phenoxy) is 1. The van der Waals surface area contributed by atoms with Gasteiger partial charge in [0.1, 0.15) is 23.1 Å². The smallest absolute Gasteiger partial charge is 0.205 e. The molecule has 94 valence electrons. The first kappa shape index (κ1) is 11.6. The molecule has 1 aromatic heterocycles. The molecule has 2 aromatic rings. The largest absolute Gasteiger partial charge is 0.508 e. The Hall–Kier alpha value is -2.45. The van der Waals surface area contributed by atoms with Crippen molar-refractivity contribution < 1.29 is 9.84 Å². The van der Waals surface area contributed by atoms with Crippen LogP contribution in [0.2, 0.25) is 0 Å². The van der Waals surface area contributed by atoms with Crippen molar-refractivity contribution in [1.82, 2.24) is 0 Å². The molecule has 19 heavy (non-hydrogen) atoms. The molecule has 3 rings (SSSR count). The van der Waals surface area contributed by atoms with E-state index in [1.807, 2.05) is 17.5 Å². The van der Waals surface area contributed by atoms with Gasteiger partial charge in [-0.15, -0.1) is 11.3 Å². The number of thiophene rings is 1. The van der Waals surface area contributed by atoms with Gasteiger partial charge in [0.2, 0.25) is 5.88 Å². The molecule has 0 amide bonds. The number of nitriles is 1. The number of aromatic hydroxyl groups is 1. The van der Waals surface area contributed by atoms with E-state index in [0.29, 0.717) is 11.3 Å².